The van der Waals surface area contributed by atoms with Gasteiger partial charge in [-0.05, 0) is 28.2 Å². The molecule has 0 radical (unpaired) electrons. The van der Waals surface area contributed by atoms with Crippen molar-refractivity contribution in [3.63, 3.8) is 0 Å². The Balaban J connectivity index is 1.76. The van der Waals surface area contributed by atoms with Gasteiger partial charge in [-0.15, -0.1) is 0 Å². The maximum absolute atomic E-state index is 6.10. The molecular weight excluding hydrogens is 292 g/mol. The van der Waals surface area contributed by atoms with E-state index < -0.39 is 0 Å². The Labute approximate surface area is 144 Å². The highest BCUT2D eigenvalue weighted by molar-refractivity contribution is 5.70. The van der Waals surface area contributed by atoms with Gasteiger partial charge in [-0.2, -0.15) is 0 Å². The van der Waals surface area contributed by atoms with Crippen molar-refractivity contribution in [2.75, 3.05) is 0 Å². The largest absolute Gasteiger partial charge is 0.488 e. The van der Waals surface area contributed by atoms with Crippen LogP contribution in [-0.2, 0) is 12.0 Å². The minimum atomic E-state index is 0.180. The normalized spacial score (nSPS) is 11.3. The maximum Gasteiger partial charge on any atom is 0.127 e. The lowest BCUT2D eigenvalue weighted by Gasteiger charge is -2.19. The first-order valence-electron chi connectivity index (χ1n) is 8.41. The molecule has 0 N–H and O–H groups in total. The molecule has 0 heterocycles. The van der Waals surface area contributed by atoms with Crippen molar-refractivity contribution in [3.8, 4) is 16.9 Å². The average molecular weight is 316 g/mol. The molecule has 0 unspecified atom stereocenters. The second kappa shape index (κ2) is 6.92. The monoisotopic (exact) mass is 316 g/mol. The predicted octanol–water partition coefficient (Wildman–Crippen LogP) is 6.23. The molecule has 0 saturated heterocycles. The molecule has 122 valence electrons. The van der Waals surface area contributed by atoms with Gasteiger partial charge in [0.15, 0.2) is 0 Å². The molecule has 0 aromatic heterocycles. The quantitative estimate of drug-likeness (QED) is 0.554. The molecule has 3 aromatic carbocycles. The summed E-state index contributed by atoms with van der Waals surface area (Å²) in [5, 5.41) is 0. The van der Waals surface area contributed by atoms with Gasteiger partial charge in [0, 0.05) is 5.56 Å². The van der Waals surface area contributed by atoms with Crippen molar-refractivity contribution in [1.29, 1.82) is 0 Å². The fourth-order valence-electron chi connectivity index (χ4n) is 2.71. The van der Waals surface area contributed by atoms with Crippen LogP contribution in [0.5, 0.6) is 5.75 Å². The first-order valence-corrected chi connectivity index (χ1v) is 8.41. The van der Waals surface area contributed by atoms with Crippen molar-refractivity contribution in [1.82, 2.24) is 0 Å². The van der Waals surface area contributed by atoms with Crippen LogP contribution in [0.4, 0.5) is 0 Å². The third kappa shape index (κ3) is 3.86. The number of para-hydroxylation sites is 1. The smallest absolute Gasteiger partial charge is 0.127 e. The summed E-state index contributed by atoms with van der Waals surface area (Å²) in [5.41, 5.74) is 5.02. The summed E-state index contributed by atoms with van der Waals surface area (Å²) in [6.07, 6.45) is 0. The fourth-order valence-corrected chi connectivity index (χ4v) is 2.71. The van der Waals surface area contributed by atoms with Crippen molar-refractivity contribution in [2.24, 2.45) is 0 Å². The van der Waals surface area contributed by atoms with Crippen LogP contribution in [0.1, 0.15) is 31.9 Å². The molecule has 0 fully saturated rings. The Kier molecular flexibility index (Phi) is 4.71. The predicted molar refractivity (Wildman–Crippen MR) is 101 cm³/mol. The Morgan fingerprint density at radius 3 is 2.00 bits per heavy atom. The zero-order valence-electron chi connectivity index (χ0n) is 14.6. The van der Waals surface area contributed by atoms with Gasteiger partial charge in [0.1, 0.15) is 12.4 Å². The van der Waals surface area contributed by atoms with Crippen LogP contribution >= 0.6 is 0 Å². The highest BCUT2D eigenvalue weighted by Gasteiger charge is 2.13. The molecule has 0 atom stereocenters. The van der Waals surface area contributed by atoms with Crippen LogP contribution in [0.3, 0.4) is 0 Å². The molecule has 0 bridgehead atoms. The van der Waals surface area contributed by atoms with Crippen molar-refractivity contribution in [3.05, 3.63) is 90.0 Å². The Bertz CT molecular complexity index is 780. The summed E-state index contributed by atoms with van der Waals surface area (Å²) >= 11 is 0. The van der Waals surface area contributed by atoms with Gasteiger partial charge in [0.2, 0.25) is 0 Å². The Morgan fingerprint density at radius 1 is 0.708 bits per heavy atom. The number of ether oxygens (including phenoxy) is 1. The van der Waals surface area contributed by atoms with E-state index in [4.69, 9.17) is 4.74 Å². The van der Waals surface area contributed by atoms with Crippen molar-refractivity contribution < 1.29 is 4.74 Å². The minimum Gasteiger partial charge on any atom is -0.488 e. The van der Waals surface area contributed by atoms with Gasteiger partial charge in [0.05, 0.1) is 0 Å². The van der Waals surface area contributed by atoms with E-state index in [9.17, 15) is 0 Å². The molecule has 3 rings (SSSR count). The lowest BCUT2D eigenvalue weighted by molar-refractivity contribution is 0.307. The first-order chi connectivity index (χ1) is 11.5. The average Bonchev–Trinajstić information content (AvgIpc) is 2.60. The molecule has 0 saturated carbocycles. The summed E-state index contributed by atoms with van der Waals surface area (Å²) in [4.78, 5) is 0. The Hall–Kier alpha value is -2.54. The first kappa shape index (κ1) is 16.3. The third-order valence-corrected chi connectivity index (χ3v) is 4.19. The summed E-state index contributed by atoms with van der Waals surface area (Å²) in [7, 11) is 0. The van der Waals surface area contributed by atoms with Crippen LogP contribution in [-0.4, -0.2) is 0 Å². The molecule has 24 heavy (non-hydrogen) atoms. The summed E-state index contributed by atoms with van der Waals surface area (Å²) in [6.45, 7) is 7.27. The summed E-state index contributed by atoms with van der Waals surface area (Å²) in [6, 6.07) is 27.3. The van der Waals surface area contributed by atoms with Gasteiger partial charge in [0.25, 0.3) is 0 Å². The van der Waals surface area contributed by atoms with Crippen LogP contribution in [0.2, 0.25) is 0 Å². The van der Waals surface area contributed by atoms with E-state index in [0.29, 0.717) is 6.61 Å². The molecule has 0 spiro atoms. The Morgan fingerprint density at radius 2 is 1.33 bits per heavy atom. The zero-order chi connectivity index (χ0) is 17.0. The SMILES string of the molecule is CC(C)(C)c1ccc(COc2ccccc2-c2ccccc2)cc1. The number of hydrogen-bond donors (Lipinski definition) is 0. The van der Waals surface area contributed by atoms with Gasteiger partial charge in [-0.3, -0.25) is 0 Å². The molecule has 0 aliphatic carbocycles. The van der Waals surface area contributed by atoms with Crippen LogP contribution in [0, 0.1) is 0 Å². The second-order valence-corrected chi connectivity index (χ2v) is 7.10. The third-order valence-electron chi connectivity index (χ3n) is 4.19. The van der Waals surface area contributed by atoms with Crippen molar-refractivity contribution >= 4 is 0 Å². The highest BCUT2D eigenvalue weighted by Crippen LogP contribution is 2.30. The lowest BCUT2D eigenvalue weighted by atomic mass is 9.87. The van der Waals surface area contributed by atoms with Crippen LogP contribution in [0.15, 0.2) is 78.9 Å². The maximum atomic E-state index is 6.10. The minimum absolute atomic E-state index is 0.180. The second-order valence-electron chi connectivity index (χ2n) is 7.10. The van der Waals surface area contributed by atoms with Gasteiger partial charge in [-0.25, -0.2) is 0 Å². The lowest BCUT2D eigenvalue weighted by Crippen LogP contribution is -2.10. The number of hydrogen-bond acceptors (Lipinski definition) is 1. The molecule has 3 aromatic rings. The van der Waals surface area contributed by atoms with Gasteiger partial charge >= 0.3 is 0 Å². The molecule has 0 aliphatic heterocycles. The molecule has 0 amide bonds. The zero-order valence-corrected chi connectivity index (χ0v) is 14.6. The molecule has 1 nitrogen and oxygen atoms in total. The molecule has 1 heteroatoms. The van der Waals surface area contributed by atoms with Gasteiger partial charge in [-0.1, -0.05) is 93.6 Å². The number of rotatable bonds is 4. The summed E-state index contributed by atoms with van der Waals surface area (Å²) in [5.74, 6) is 0.920. The number of benzene rings is 3. The van der Waals surface area contributed by atoms with E-state index in [1.807, 2.05) is 24.3 Å². The van der Waals surface area contributed by atoms with Gasteiger partial charge < -0.3 is 4.74 Å². The topological polar surface area (TPSA) is 9.23 Å². The van der Waals surface area contributed by atoms with E-state index in [2.05, 4.69) is 75.4 Å². The van der Waals surface area contributed by atoms with E-state index in [-0.39, 0.29) is 5.41 Å². The van der Waals surface area contributed by atoms with E-state index in [1.165, 1.54) is 16.7 Å². The molecular formula is C23H24O. The van der Waals surface area contributed by atoms with E-state index >= 15 is 0 Å². The van der Waals surface area contributed by atoms with Crippen LogP contribution < -0.4 is 4.74 Å². The highest BCUT2D eigenvalue weighted by atomic mass is 16.5. The summed E-state index contributed by atoms with van der Waals surface area (Å²) < 4.78 is 6.10. The van der Waals surface area contributed by atoms with Crippen molar-refractivity contribution in [2.45, 2.75) is 32.8 Å². The van der Waals surface area contributed by atoms with Crippen LogP contribution in [0.25, 0.3) is 11.1 Å². The fraction of sp³-hybridized carbons (Fsp3) is 0.217. The van der Waals surface area contributed by atoms with E-state index in [1.54, 1.807) is 0 Å². The molecule has 0 aliphatic rings. The standard InChI is InChI=1S/C23H24O/c1-23(2,3)20-15-13-18(14-16-20)17-24-22-12-8-7-11-21(22)19-9-5-4-6-10-19/h4-16H,17H2,1-3H3. The van der Waals surface area contributed by atoms with E-state index in [0.717, 1.165) is 11.3 Å².